The molecule has 3 atom stereocenters. The van der Waals surface area contributed by atoms with Gasteiger partial charge < -0.3 is 24.0 Å². The van der Waals surface area contributed by atoms with Crippen LogP contribution < -0.4 is 5.32 Å². The van der Waals surface area contributed by atoms with E-state index >= 15 is 0 Å². The van der Waals surface area contributed by atoms with Gasteiger partial charge in [-0.05, 0) is 85.1 Å². The summed E-state index contributed by atoms with van der Waals surface area (Å²) in [4.78, 5) is 56.5. The average molecular weight is 668 g/mol. The van der Waals surface area contributed by atoms with Crippen molar-refractivity contribution < 1.29 is 33.4 Å². The first-order valence-electron chi connectivity index (χ1n) is 16.2. The number of ether oxygens (including phenoxy) is 3. The van der Waals surface area contributed by atoms with Crippen molar-refractivity contribution in [3.05, 3.63) is 22.4 Å². The molecule has 0 aliphatic carbocycles. The molecule has 3 heterocycles. The lowest BCUT2D eigenvalue weighted by molar-refractivity contribution is -0.159. The standard InChI is InChI=1S/C33H53N3O7S2/c1-8-41-30(39)24(13-10-9-12-23-15-17-35(18-16-23)31(40)43-33(5,6)7)34-25-22-45-27(26-14-11-19-44-26)20-36(29(25)38)21-28(37)42-32(2,3)4/h11,14,19,23-25,27,34H,8-10,12-13,15-18,20-22H2,1-7H3/t24-,25?,27?/m0/s1. The summed E-state index contributed by atoms with van der Waals surface area (Å²) in [5, 5.41) is 5.36. The van der Waals surface area contributed by atoms with Crippen molar-refractivity contribution in [1.82, 2.24) is 15.1 Å². The number of piperidine rings is 1. The van der Waals surface area contributed by atoms with Crippen LogP contribution in [0.4, 0.5) is 4.79 Å². The summed E-state index contributed by atoms with van der Waals surface area (Å²) in [5.41, 5.74) is -1.16. The third-order valence-electron chi connectivity index (χ3n) is 7.66. The van der Waals surface area contributed by atoms with Crippen LogP contribution in [0.25, 0.3) is 0 Å². The van der Waals surface area contributed by atoms with E-state index in [0.717, 1.165) is 37.0 Å². The fraction of sp³-hybridized carbons (Fsp3) is 0.758. The van der Waals surface area contributed by atoms with Crippen LogP contribution in [0.5, 0.6) is 0 Å². The molecule has 45 heavy (non-hydrogen) atoms. The van der Waals surface area contributed by atoms with Gasteiger partial charge in [0.1, 0.15) is 23.8 Å². The number of rotatable bonds is 12. The largest absolute Gasteiger partial charge is 0.465 e. The van der Waals surface area contributed by atoms with Crippen molar-refractivity contribution >= 4 is 47.0 Å². The van der Waals surface area contributed by atoms with E-state index in [2.05, 4.69) is 11.4 Å². The second-order valence-corrected chi connectivity index (χ2v) is 16.1. The predicted octanol–water partition coefficient (Wildman–Crippen LogP) is 5.80. The normalized spacial score (nSPS) is 20.8. The van der Waals surface area contributed by atoms with Gasteiger partial charge in [-0.15, -0.1) is 23.1 Å². The number of hydrogen-bond donors (Lipinski definition) is 1. The van der Waals surface area contributed by atoms with Crippen LogP contribution in [0.15, 0.2) is 17.5 Å². The van der Waals surface area contributed by atoms with Gasteiger partial charge in [0.05, 0.1) is 17.9 Å². The topological polar surface area (TPSA) is 114 Å². The number of amides is 2. The lowest BCUT2D eigenvalue weighted by Gasteiger charge is -2.33. The Hall–Kier alpha value is -2.31. The number of unbranched alkanes of at least 4 members (excludes halogenated alkanes) is 1. The minimum atomic E-state index is -0.657. The highest BCUT2D eigenvalue weighted by Crippen LogP contribution is 2.36. The molecule has 2 aliphatic rings. The quantitative estimate of drug-likeness (QED) is 0.168. The Morgan fingerprint density at radius 2 is 1.73 bits per heavy atom. The van der Waals surface area contributed by atoms with Gasteiger partial charge in [-0.1, -0.05) is 25.3 Å². The first-order valence-corrected chi connectivity index (χ1v) is 18.1. The zero-order valence-electron chi connectivity index (χ0n) is 28.1. The molecular formula is C33H53N3O7S2. The molecule has 2 aliphatic heterocycles. The van der Waals surface area contributed by atoms with Gasteiger partial charge >= 0.3 is 18.0 Å². The molecule has 0 spiro atoms. The SMILES string of the molecule is CCOC(=O)[C@H](CCCCC1CCN(C(=O)OC(C)(C)C)CC1)NC1CSC(c2cccs2)CN(CC(=O)OC(C)(C)C)C1=O. The molecule has 0 radical (unpaired) electrons. The fourth-order valence-electron chi connectivity index (χ4n) is 5.55. The van der Waals surface area contributed by atoms with Crippen LogP contribution in [0.2, 0.25) is 0 Å². The van der Waals surface area contributed by atoms with Gasteiger partial charge in [0.25, 0.3) is 0 Å². The van der Waals surface area contributed by atoms with Gasteiger partial charge in [-0.3, -0.25) is 19.7 Å². The van der Waals surface area contributed by atoms with Gasteiger partial charge in [-0.25, -0.2) is 4.79 Å². The van der Waals surface area contributed by atoms with Crippen LogP contribution in [0, 0.1) is 5.92 Å². The average Bonchev–Trinajstić information content (AvgIpc) is 3.43. The summed E-state index contributed by atoms with van der Waals surface area (Å²) >= 11 is 3.29. The summed E-state index contributed by atoms with van der Waals surface area (Å²) in [7, 11) is 0. The van der Waals surface area contributed by atoms with Crippen LogP contribution in [0.1, 0.15) is 97.1 Å². The maximum absolute atomic E-state index is 13.8. The zero-order valence-corrected chi connectivity index (χ0v) is 29.7. The van der Waals surface area contributed by atoms with Crippen LogP contribution in [-0.4, -0.2) is 95.6 Å². The minimum Gasteiger partial charge on any atom is -0.465 e. The van der Waals surface area contributed by atoms with E-state index in [1.807, 2.05) is 32.2 Å². The fourth-order valence-corrected chi connectivity index (χ4v) is 7.81. The molecule has 1 aromatic heterocycles. The second kappa shape index (κ2) is 17.0. The van der Waals surface area contributed by atoms with E-state index in [9.17, 15) is 19.2 Å². The second-order valence-electron chi connectivity index (χ2n) is 13.9. The molecule has 1 N–H and O–H groups in total. The monoisotopic (exact) mass is 667 g/mol. The number of likely N-dealkylation sites (tertiary alicyclic amines) is 1. The molecule has 0 bridgehead atoms. The number of nitrogens with one attached hydrogen (secondary N) is 1. The first-order chi connectivity index (χ1) is 21.1. The van der Waals surface area contributed by atoms with Gasteiger partial charge in [-0.2, -0.15) is 0 Å². The zero-order chi connectivity index (χ0) is 33.2. The number of nitrogens with zero attached hydrogens (tertiary/aromatic N) is 2. The number of hydrogen-bond acceptors (Lipinski definition) is 10. The summed E-state index contributed by atoms with van der Waals surface area (Å²) in [5.74, 6) is -0.0335. The number of thiophene rings is 1. The van der Waals surface area contributed by atoms with E-state index in [1.165, 1.54) is 0 Å². The summed E-state index contributed by atoms with van der Waals surface area (Å²) in [6.45, 7) is 14.7. The van der Waals surface area contributed by atoms with Crippen molar-refractivity contribution in [3.8, 4) is 0 Å². The summed E-state index contributed by atoms with van der Waals surface area (Å²) in [6.07, 6.45) is 4.93. The highest BCUT2D eigenvalue weighted by atomic mass is 32.2. The lowest BCUT2D eigenvalue weighted by Crippen LogP contribution is -2.54. The van der Waals surface area contributed by atoms with Gasteiger partial charge in [0.15, 0.2) is 0 Å². The van der Waals surface area contributed by atoms with Crippen molar-refractivity contribution in [1.29, 1.82) is 0 Å². The highest BCUT2D eigenvalue weighted by molar-refractivity contribution is 7.99. The Morgan fingerprint density at radius 3 is 2.33 bits per heavy atom. The van der Waals surface area contributed by atoms with Gasteiger partial charge in [0.2, 0.25) is 5.91 Å². The van der Waals surface area contributed by atoms with E-state index in [1.54, 1.807) is 60.6 Å². The molecule has 1 aromatic rings. The molecule has 2 saturated heterocycles. The Labute approximate surface area is 277 Å². The maximum atomic E-state index is 13.8. The molecule has 0 saturated carbocycles. The molecule has 12 heteroatoms. The molecule has 254 valence electrons. The number of esters is 2. The molecule has 0 aromatic carbocycles. The maximum Gasteiger partial charge on any atom is 0.410 e. The molecule has 2 fully saturated rings. The molecule has 3 rings (SSSR count). The van der Waals surface area contributed by atoms with Crippen molar-refractivity contribution in [2.75, 3.05) is 38.5 Å². The highest BCUT2D eigenvalue weighted by Gasteiger charge is 2.37. The summed E-state index contributed by atoms with van der Waals surface area (Å²) in [6, 6.07) is 2.77. The van der Waals surface area contributed by atoms with E-state index in [0.29, 0.717) is 37.7 Å². The summed E-state index contributed by atoms with van der Waals surface area (Å²) < 4.78 is 16.4. The van der Waals surface area contributed by atoms with Crippen molar-refractivity contribution in [3.63, 3.8) is 0 Å². The first kappa shape index (κ1) is 37.2. The number of carbonyl (C=O) groups is 4. The van der Waals surface area contributed by atoms with Crippen LogP contribution in [0.3, 0.4) is 0 Å². The third-order valence-corrected chi connectivity index (χ3v) is 10.1. The van der Waals surface area contributed by atoms with Crippen molar-refractivity contribution in [2.45, 2.75) is 116 Å². The Morgan fingerprint density at radius 1 is 1.04 bits per heavy atom. The molecule has 2 unspecified atom stereocenters. The Kier molecular flexibility index (Phi) is 14.0. The van der Waals surface area contributed by atoms with Crippen LogP contribution in [-0.2, 0) is 28.6 Å². The molecular weight excluding hydrogens is 615 g/mol. The Bertz CT molecular complexity index is 1110. The predicted molar refractivity (Wildman–Crippen MR) is 178 cm³/mol. The van der Waals surface area contributed by atoms with Crippen LogP contribution >= 0.6 is 23.1 Å². The molecule has 2 amide bonds. The lowest BCUT2D eigenvalue weighted by atomic mass is 9.91. The van der Waals surface area contributed by atoms with E-state index in [-0.39, 0.29) is 36.4 Å². The number of carbonyl (C=O) groups excluding carboxylic acids is 4. The van der Waals surface area contributed by atoms with E-state index < -0.39 is 29.3 Å². The van der Waals surface area contributed by atoms with E-state index in [4.69, 9.17) is 14.2 Å². The third kappa shape index (κ3) is 12.8. The minimum absolute atomic E-state index is 0.0194. The van der Waals surface area contributed by atoms with Gasteiger partial charge in [0, 0.05) is 30.3 Å². The smallest absolute Gasteiger partial charge is 0.410 e. The molecule has 10 nitrogen and oxygen atoms in total. The number of thioether (sulfide) groups is 1. The Balaban J connectivity index is 1.58. The van der Waals surface area contributed by atoms with Crippen molar-refractivity contribution in [2.24, 2.45) is 5.92 Å².